The highest BCUT2D eigenvalue weighted by atomic mass is 16.7. The van der Waals surface area contributed by atoms with Crippen LogP contribution in [0.15, 0.2) is 24.3 Å². The maximum Gasteiger partial charge on any atom is 0.178 e. The third-order valence-corrected chi connectivity index (χ3v) is 6.15. The van der Waals surface area contributed by atoms with Gasteiger partial charge in [0.05, 0.1) is 11.7 Å². The summed E-state index contributed by atoms with van der Waals surface area (Å²) in [5, 5.41) is 0. The minimum Gasteiger partial charge on any atom is -0.343 e. The molecule has 3 unspecified atom stereocenters. The summed E-state index contributed by atoms with van der Waals surface area (Å²) in [6, 6.07) is 0. The molecular formula is C19H30O2. The van der Waals surface area contributed by atoms with Gasteiger partial charge in [-0.3, -0.25) is 0 Å². The fraction of sp³-hybridized carbons (Fsp3) is 0.789. The Labute approximate surface area is 129 Å². The maximum absolute atomic E-state index is 6.26. The van der Waals surface area contributed by atoms with Crippen LogP contribution in [0.2, 0.25) is 0 Å². The first-order valence-electron chi connectivity index (χ1n) is 8.49. The molecule has 1 saturated heterocycles. The lowest BCUT2D eigenvalue weighted by Crippen LogP contribution is -2.45. The smallest absolute Gasteiger partial charge is 0.178 e. The lowest BCUT2D eigenvalue weighted by Gasteiger charge is -2.53. The number of rotatable bonds is 1. The molecular weight excluding hydrogens is 260 g/mol. The summed E-state index contributed by atoms with van der Waals surface area (Å²) in [4.78, 5) is 0. The van der Waals surface area contributed by atoms with Crippen LogP contribution in [0.5, 0.6) is 0 Å². The van der Waals surface area contributed by atoms with E-state index in [1.807, 2.05) is 19.1 Å². The highest BCUT2D eigenvalue weighted by molar-refractivity contribution is 5.15. The van der Waals surface area contributed by atoms with Crippen molar-refractivity contribution in [1.82, 2.24) is 0 Å². The van der Waals surface area contributed by atoms with Gasteiger partial charge in [-0.1, -0.05) is 32.1 Å². The van der Waals surface area contributed by atoms with E-state index in [1.54, 1.807) is 0 Å². The number of allylic oxidation sites excluding steroid dienone is 2. The van der Waals surface area contributed by atoms with Crippen molar-refractivity contribution in [1.29, 1.82) is 0 Å². The molecule has 5 atom stereocenters. The molecule has 0 aromatic rings. The van der Waals surface area contributed by atoms with Crippen LogP contribution in [0.4, 0.5) is 0 Å². The van der Waals surface area contributed by atoms with Crippen molar-refractivity contribution >= 4 is 0 Å². The second-order valence-corrected chi connectivity index (χ2v) is 8.09. The summed E-state index contributed by atoms with van der Waals surface area (Å²) >= 11 is 0. The molecule has 3 fully saturated rings. The second kappa shape index (κ2) is 5.24. The van der Waals surface area contributed by atoms with E-state index >= 15 is 0 Å². The molecule has 0 aromatic heterocycles. The van der Waals surface area contributed by atoms with Gasteiger partial charge in [0.2, 0.25) is 0 Å². The van der Waals surface area contributed by atoms with Gasteiger partial charge in [-0.05, 0) is 69.3 Å². The summed E-state index contributed by atoms with van der Waals surface area (Å²) in [6.07, 6.45) is 9.85. The average Bonchev–Trinajstić information content (AvgIpc) is 2.71. The number of fused-ring (bicyclic) bond motifs is 2. The van der Waals surface area contributed by atoms with Gasteiger partial charge in [-0.25, -0.2) is 0 Å². The lowest BCUT2D eigenvalue weighted by molar-refractivity contribution is -0.0665. The highest BCUT2D eigenvalue weighted by Crippen LogP contribution is 2.57. The summed E-state index contributed by atoms with van der Waals surface area (Å²) in [5.41, 5.74) is 1.78. The molecule has 1 heterocycles. The van der Waals surface area contributed by atoms with E-state index in [-0.39, 0.29) is 18.0 Å². The Balaban J connectivity index is 1.78. The minimum atomic E-state index is -0.164. The molecule has 2 saturated carbocycles. The summed E-state index contributed by atoms with van der Waals surface area (Å²) in [7, 11) is 0. The van der Waals surface area contributed by atoms with Crippen LogP contribution in [0.3, 0.4) is 0 Å². The number of hydrogen-bond acceptors (Lipinski definition) is 2. The van der Waals surface area contributed by atoms with E-state index in [0.717, 1.165) is 31.1 Å². The van der Waals surface area contributed by atoms with Crippen LogP contribution in [0.1, 0.15) is 59.8 Å². The predicted molar refractivity (Wildman–Crippen MR) is 86.0 cm³/mol. The van der Waals surface area contributed by atoms with Crippen LogP contribution in [-0.4, -0.2) is 18.0 Å². The molecule has 0 aromatic carbocycles. The molecule has 0 radical (unpaired) electrons. The van der Waals surface area contributed by atoms with Crippen molar-refractivity contribution < 1.29 is 9.47 Å². The van der Waals surface area contributed by atoms with Crippen molar-refractivity contribution in [2.45, 2.75) is 77.8 Å². The Bertz CT molecular complexity index is 450. The second-order valence-electron chi connectivity index (χ2n) is 8.09. The van der Waals surface area contributed by atoms with Gasteiger partial charge in [0, 0.05) is 0 Å². The van der Waals surface area contributed by atoms with Crippen LogP contribution in [-0.2, 0) is 9.47 Å². The molecule has 3 rings (SSSR count). The zero-order valence-electron chi connectivity index (χ0n) is 14.0. The van der Waals surface area contributed by atoms with E-state index in [2.05, 4.69) is 27.4 Å². The summed E-state index contributed by atoms with van der Waals surface area (Å²) in [6.45, 7) is 13.5. The standard InChI is InChI=1S/C19H30O2/c1-6-7-17-20-16-9-8-13(2)14-12-18(3,4)15(14)10-11-19(16,5)21-17/h6-7,14-17H,2,8-12H2,1,3-5H3/b7-6+/t14-,15-,16?,17?,19?/m1/s1. The Morgan fingerprint density at radius 2 is 2.00 bits per heavy atom. The zero-order valence-corrected chi connectivity index (χ0v) is 14.0. The largest absolute Gasteiger partial charge is 0.343 e. The first kappa shape index (κ1) is 15.3. The first-order chi connectivity index (χ1) is 9.86. The molecule has 0 amide bonds. The molecule has 21 heavy (non-hydrogen) atoms. The monoisotopic (exact) mass is 290 g/mol. The van der Waals surface area contributed by atoms with Gasteiger partial charge >= 0.3 is 0 Å². The van der Waals surface area contributed by atoms with E-state index in [0.29, 0.717) is 5.41 Å². The Kier molecular flexibility index (Phi) is 3.82. The molecule has 3 aliphatic rings. The van der Waals surface area contributed by atoms with Crippen LogP contribution >= 0.6 is 0 Å². The third-order valence-electron chi connectivity index (χ3n) is 6.15. The van der Waals surface area contributed by atoms with Crippen molar-refractivity contribution in [3.63, 3.8) is 0 Å². The van der Waals surface area contributed by atoms with Gasteiger partial charge in [0.15, 0.2) is 6.29 Å². The van der Waals surface area contributed by atoms with Crippen LogP contribution in [0.25, 0.3) is 0 Å². The molecule has 2 heteroatoms. The van der Waals surface area contributed by atoms with Crippen molar-refractivity contribution in [3.05, 3.63) is 24.3 Å². The molecule has 2 nitrogen and oxygen atoms in total. The fourth-order valence-electron chi connectivity index (χ4n) is 4.72. The zero-order chi connectivity index (χ0) is 15.3. The van der Waals surface area contributed by atoms with E-state index in [4.69, 9.17) is 9.47 Å². The fourth-order valence-corrected chi connectivity index (χ4v) is 4.72. The average molecular weight is 290 g/mol. The van der Waals surface area contributed by atoms with Crippen molar-refractivity contribution in [2.24, 2.45) is 17.3 Å². The first-order valence-corrected chi connectivity index (χ1v) is 8.49. The maximum atomic E-state index is 6.26. The lowest BCUT2D eigenvalue weighted by atomic mass is 9.52. The van der Waals surface area contributed by atoms with E-state index in [1.165, 1.54) is 18.4 Å². The SMILES string of the molecule is C=C1CCC2OC(/C=C/C)OC2(C)CC[C@@H]2[C@@H]1CC2(C)C. The normalized spacial score (nSPS) is 46.2. The molecule has 0 N–H and O–H groups in total. The van der Waals surface area contributed by atoms with Crippen LogP contribution in [0, 0.1) is 17.3 Å². The molecule has 118 valence electrons. The van der Waals surface area contributed by atoms with Crippen molar-refractivity contribution in [2.75, 3.05) is 0 Å². The Hall–Kier alpha value is -0.600. The number of ether oxygens (including phenoxy) is 2. The Morgan fingerprint density at radius 1 is 1.24 bits per heavy atom. The molecule has 0 spiro atoms. The van der Waals surface area contributed by atoms with E-state index in [9.17, 15) is 0 Å². The van der Waals surface area contributed by atoms with Gasteiger partial charge < -0.3 is 9.47 Å². The van der Waals surface area contributed by atoms with E-state index < -0.39 is 0 Å². The summed E-state index contributed by atoms with van der Waals surface area (Å²) < 4.78 is 12.4. The molecule has 1 aliphatic heterocycles. The van der Waals surface area contributed by atoms with Crippen LogP contribution < -0.4 is 0 Å². The van der Waals surface area contributed by atoms with Gasteiger partial charge in [-0.2, -0.15) is 0 Å². The third kappa shape index (κ3) is 2.61. The molecule has 2 aliphatic carbocycles. The minimum absolute atomic E-state index is 0.134. The summed E-state index contributed by atoms with van der Waals surface area (Å²) in [5.74, 6) is 1.50. The van der Waals surface area contributed by atoms with Gasteiger partial charge in [0.1, 0.15) is 0 Å². The highest BCUT2D eigenvalue weighted by Gasteiger charge is 2.52. The van der Waals surface area contributed by atoms with Gasteiger partial charge in [0.25, 0.3) is 0 Å². The quantitative estimate of drug-likeness (QED) is 0.642. The Morgan fingerprint density at radius 3 is 2.67 bits per heavy atom. The van der Waals surface area contributed by atoms with Crippen molar-refractivity contribution in [3.8, 4) is 0 Å². The topological polar surface area (TPSA) is 18.5 Å². The van der Waals surface area contributed by atoms with Gasteiger partial charge in [-0.15, -0.1) is 0 Å². The predicted octanol–water partition coefficient (Wildman–Crippen LogP) is 4.86. The number of hydrogen-bond donors (Lipinski definition) is 0. The molecule has 0 bridgehead atoms.